The highest BCUT2D eigenvalue weighted by Gasteiger charge is 2.18. The Kier molecular flexibility index (Phi) is 8.60. The van der Waals surface area contributed by atoms with Crippen molar-refractivity contribution >= 4 is 45.5 Å². The van der Waals surface area contributed by atoms with E-state index in [1.165, 1.54) is 11.3 Å². The molecule has 1 aromatic heterocycles. The third-order valence-electron chi connectivity index (χ3n) is 4.77. The van der Waals surface area contributed by atoms with E-state index in [1.807, 2.05) is 24.3 Å². The first-order valence-electron chi connectivity index (χ1n) is 10.4. The van der Waals surface area contributed by atoms with Crippen molar-refractivity contribution in [2.45, 2.75) is 6.92 Å². The molecule has 172 valence electrons. The Labute approximate surface area is 191 Å². The van der Waals surface area contributed by atoms with Crippen molar-refractivity contribution in [3.63, 3.8) is 0 Å². The lowest BCUT2D eigenvalue weighted by Crippen LogP contribution is -2.36. The predicted octanol–water partition coefficient (Wildman–Crippen LogP) is 2.27. The van der Waals surface area contributed by atoms with Crippen molar-refractivity contribution in [3.8, 4) is 0 Å². The van der Waals surface area contributed by atoms with Crippen molar-refractivity contribution in [2.75, 3.05) is 68.6 Å². The number of thiophene rings is 1. The van der Waals surface area contributed by atoms with Crippen LogP contribution in [-0.2, 0) is 19.1 Å². The molecule has 0 aliphatic carbocycles. The number of carbonyl (C=O) groups is 3. The second-order valence-electron chi connectivity index (χ2n) is 7.30. The number of rotatable bonds is 9. The number of nitrogens with one attached hydrogen (secondary N) is 2. The summed E-state index contributed by atoms with van der Waals surface area (Å²) in [5.74, 6) is -1.01. The second-order valence-corrected chi connectivity index (χ2v) is 8.21. The normalized spacial score (nSPS) is 13.7. The van der Waals surface area contributed by atoms with E-state index in [1.54, 1.807) is 30.3 Å². The number of benzene rings is 1. The van der Waals surface area contributed by atoms with Crippen molar-refractivity contribution in [3.05, 3.63) is 41.3 Å². The number of hydrogen-bond acceptors (Lipinski definition) is 8. The molecule has 0 radical (unpaired) electrons. The van der Waals surface area contributed by atoms with E-state index in [9.17, 15) is 14.4 Å². The number of hydrogen-bond donors (Lipinski definition) is 2. The van der Waals surface area contributed by atoms with Crippen LogP contribution < -0.4 is 15.5 Å². The molecule has 10 heteroatoms. The topological polar surface area (TPSA) is 100 Å². The van der Waals surface area contributed by atoms with Gasteiger partial charge >= 0.3 is 5.97 Å². The van der Waals surface area contributed by atoms with E-state index in [0.717, 1.165) is 32.0 Å². The first-order chi connectivity index (χ1) is 15.5. The van der Waals surface area contributed by atoms with E-state index in [2.05, 4.69) is 15.5 Å². The van der Waals surface area contributed by atoms with Gasteiger partial charge in [0.2, 0.25) is 11.8 Å². The van der Waals surface area contributed by atoms with Gasteiger partial charge in [0.1, 0.15) is 5.00 Å². The Hall–Kier alpha value is -2.95. The van der Waals surface area contributed by atoms with Crippen LogP contribution in [-0.4, -0.2) is 75.7 Å². The molecular weight excluding hydrogens is 432 g/mol. The van der Waals surface area contributed by atoms with Crippen molar-refractivity contribution in [1.82, 2.24) is 4.90 Å². The summed E-state index contributed by atoms with van der Waals surface area (Å²) in [6.07, 6.45) is 0. The molecule has 0 atom stereocenters. The van der Waals surface area contributed by atoms with Gasteiger partial charge in [-0.3, -0.25) is 14.5 Å². The third-order valence-corrected chi connectivity index (χ3v) is 5.60. The molecule has 2 heterocycles. The Morgan fingerprint density at radius 2 is 1.72 bits per heavy atom. The predicted molar refractivity (Wildman–Crippen MR) is 125 cm³/mol. The number of amides is 2. The minimum absolute atomic E-state index is 0.00353. The van der Waals surface area contributed by atoms with E-state index >= 15 is 0 Å². The zero-order chi connectivity index (χ0) is 22.9. The summed E-state index contributed by atoms with van der Waals surface area (Å²) in [6, 6.07) is 9.28. The molecule has 1 aromatic carbocycles. The Morgan fingerprint density at radius 3 is 2.38 bits per heavy atom. The zero-order valence-corrected chi connectivity index (χ0v) is 19.1. The molecule has 1 saturated heterocycles. The second kappa shape index (κ2) is 11.6. The Balaban J connectivity index is 1.45. The smallest absolute Gasteiger partial charge is 0.341 e. The van der Waals surface area contributed by atoms with Crippen LogP contribution in [0.1, 0.15) is 17.3 Å². The zero-order valence-electron chi connectivity index (χ0n) is 18.3. The molecule has 3 rings (SSSR count). The van der Waals surface area contributed by atoms with Gasteiger partial charge in [-0.15, -0.1) is 11.3 Å². The van der Waals surface area contributed by atoms with Crippen molar-refractivity contribution in [2.24, 2.45) is 0 Å². The van der Waals surface area contributed by atoms with Gasteiger partial charge in [0, 0.05) is 24.5 Å². The fraction of sp³-hybridized carbons (Fsp3) is 0.409. The van der Waals surface area contributed by atoms with Gasteiger partial charge in [-0.25, -0.2) is 4.79 Å². The van der Waals surface area contributed by atoms with Crippen molar-refractivity contribution in [1.29, 1.82) is 0 Å². The number of nitrogens with zero attached hydrogens (tertiary/aromatic N) is 2. The summed E-state index contributed by atoms with van der Waals surface area (Å²) in [4.78, 5) is 40.5. The van der Waals surface area contributed by atoms with Crippen LogP contribution >= 0.6 is 11.3 Å². The number of ether oxygens (including phenoxy) is 2. The molecule has 0 bridgehead atoms. The summed E-state index contributed by atoms with van der Waals surface area (Å²) in [6.45, 7) is 5.18. The van der Waals surface area contributed by atoms with Crippen molar-refractivity contribution < 1.29 is 23.9 Å². The van der Waals surface area contributed by atoms with Gasteiger partial charge in [-0.05, 0) is 49.7 Å². The monoisotopic (exact) mass is 460 g/mol. The maximum Gasteiger partial charge on any atom is 0.341 e. The molecule has 2 aromatic rings. The molecule has 9 nitrogen and oxygen atoms in total. The number of carbonyl (C=O) groups excluding carboxylic acids is 3. The van der Waals surface area contributed by atoms with E-state index in [-0.39, 0.29) is 31.5 Å². The van der Waals surface area contributed by atoms with Crippen LogP contribution in [0, 0.1) is 0 Å². The summed E-state index contributed by atoms with van der Waals surface area (Å²) in [5, 5.41) is 7.71. The SMILES string of the molecule is CCOC(=O)c1ccsc1NC(=O)CN(C)CC(=O)Nc1ccc(N2CCOCC2)cc1. The minimum Gasteiger partial charge on any atom is -0.462 e. The average Bonchev–Trinajstić information content (AvgIpc) is 3.23. The van der Waals surface area contributed by atoms with Crippen LogP contribution in [0.4, 0.5) is 16.4 Å². The van der Waals surface area contributed by atoms with Crippen LogP contribution in [0.25, 0.3) is 0 Å². The Morgan fingerprint density at radius 1 is 1.06 bits per heavy atom. The highest BCUT2D eigenvalue weighted by atomic mass is 32.1. The number of anilines is 3. The molecule has 1 aliphatic rings. The molecule has 0 spiro atoms. The first-order valence-corrected chi connectivity index (χ1v) is 11.3. The van der Waals surface area contributed by atoms with Crippen LogP contribution in [0.3, 0.4) is 0 Å². The molecule has 1 fully saturated rings. The molecule has 0 unspecified atom stereocenters. The van der Waals surface area contributed by atoms with E-state index in [4.69, 9.17) is 9.47 Å². The largest absolute Gasteiger partial charge is 0.462 e. The molecule has 2 N–H and O–H groups in total. The number of esters is 1. The van der Waals surface area contributed by atoms with Gasteiger partial charge in [-0.2, -0.15) is 0 Å². The number of likely N-dealkylation sites (N-methyl/N-ethyl adjacent to an activating group) is 1. The summed E-state index contributed by atoms with van der Waals surface area (Å²) in [5.41, 5.74) is 2.12. The molecule has 1 aliphatic heterocycles. The maximum absolute atomic E-state index is 12.4. The van der Waals surface area contributed by atoms with Gasteiger partial charge < -0.3 is 25.0 Å². The maximum atomic E-state index is 12.4. The summed E-state index contributed by atoms with van der Waals surface area (Å²) < 4.78 is 10.4. The highest BCUT2D eigenvalue weighted by Crippen LogP contribution is 2.24. The fourth-order valence-corrected chi connectivity index (χ4v) is 4.06. The standard InChI is InChI=1S/C22H28N4O5S/c1-3-31-22(29)18-8-13-32-21(18)24-20(28)15-25(2)14-19(27)23-16-4-6-17(7-5-16)26-9-11-30-12-10-26/h4-8,13H,3,9-12,14-15H2,1-2H3,(H,23,27)(H,24,28). The molecular formula is C22H28N4O5S. The lowest BCUT2D eigenvalue weighted by Gasteiger charge is -2.28. The molecule has 2 amide bonds. The lowest BCUT2D eigenvalue weighted by molar-refractivity contribution is -0.119. The minimum atomic E-state index is -0.476. The van der Waals surface area contributed by atoms with E-state index < -0.39 is 5.97 Å². The average molecular weight is 461 g/mol. The van der Waals surface area contributed by atoms with Gasteiger partial charge in [0.25, 0.3) is 0 Å². The highest BCUT2D eigenvalue weighted by molar-refractivity contribution is 7.14. The van der Waals surface area contributed by atoms with Crippen LogP contribution in [0.5, 0.6) is 0 Å². The van der Waals surface area contributed by atoms with Crippen LogP contribution in [0.2, 0.25) is 0 Å². The van der Waals surface area contributed by atoms with Crippen LogP contribution in [0.15, 0.2) is 35.7 Å². The Bertz CT molecular complexity index is 925. The van der Waals surface area contributed by atoms with Gasteiger partial charge in [-0.1, -0.05) is 0 Å². The van der Waals surface area contributed by atoms with Gasteiger partial charge in [0.15, 0.2) is 0 Å². The third kappa shape index (κ3) is 6.78. The molecule has 0 saturated carbocycles. The lowest BCUT2D eigenvalue weighted by atomic mass is 10.2. The number of morpholine rings is 1. The summed E-state index contributed by atoms with van der Waals surface area (Å²) >= 11 is 1.25. The van der Waals surface area contributed by atoms with E-state index in [0.29, 0.717) is 16.3 Å². The van der Waals surface area contributed by atoms with Gasteiger partial charge in [0.05, 0.1) is 38.5 Å². The quantitative estimate of drug-likeness (QED) is 0.554. The molecule has 32 heavy (non-hydrogen) atoms. The first kappa shape index (κ1) is 23.7. The fourth-order valence-electron chi connectivity index (χ4n) is 3.27. The summed E-state index contributed by atoms with van der Waals surface area (Å²) in [7, 11) is 1.68.